The number of carbonyl (C=O) groups excluding carboxylic acids is 1. The molecule has 1 N–H and O–H groups in total. The van der Waals surface area contributed by atoms with Crippen LogP contribution in [0, 0.1) is 13.8 Å². The van der Waals surface area contributed by atoms with E-state index in [1.807, 2.05) is 32.0 Å². The Balaban J connectivity index is 1.86. The second-order valence-electron chi connectivity index (χ2n) is 6.33. The molecule has 1 amide bonds. The second kappa shape index (κ2) is 7.99. The molecule has 0 aliphatic carbocycles. The first kappa shape index (κ1) is 19.2. The highest BCUT2D eigenvalue weighted by Gasteiger charge is 2.11. The van der Waals surface area contributed by atoms with Gasteiger partial charge in [0.15, 0.2) is 0 Å². The lowest BCUT2D eigenvalue weighted by Crippen LogP contribution is -2.22. The number of benzene rings is 2. The minimum absolute atomic E-state index is 0.204. The summed E-state index contributed by atoms with van der Waals surface area (Å²) in [5.74, 6) is -0.272. The van der Waals surface area contributed by atoms with Crippen LogP contribution in [0.4, 0.5) is 5.69 Å². The summed E-state index contributed by atoms with van der Waals surface area (Å²) in [5, 5.41) is 3.78. The Morgan fingerprint density at radius 1 is 1.04 bits per heavy atom. The minimum atomic E-state index is -0.272. The molecule has 0 unspecified atom stereocenters. The van der Waals surface area contributed by atoms with Gasteiger partial charge in [-0.25, -0.2) is 0 Å². The lowest BCUT2D eigenvalue weighted by Gasteiger charge is -2.12. The zero-order chi connectivity index (χ0) is 19.6. The number of hydrogen-bond donors (Lipinski definition) is 1. The number of halogens is 2. The van der Waals surface area contributed by atoms with Crippen molar-refractivity contribution in [3.8, 4) is 0 Å². The van der Waals surface area contributed by atoms with Gasteiger partial charge in [-0.2, -0.15) is 0 Å². The van der Waals surface area contributed by atoms with E-state index in [9.17, 15) is 9.59 Å². The topological polar surface area (TPSA) is 51.1 Å². The van der Waals surface area contributed by atoms with E-state index in [4.69, 9.17) is 23.2 Å². The molecule has 0 aliphatic rings. The largest absolute Gasteiger partial charge is 0.322 e. The van der Waals surface area contributed by atoms with E-state index in [1.165, 1.54) is 16.7 Å². The molecular formula is C21H18Cl2N2O2. The number of rotatable bonds is 4. The highest BCUT2D eigenvalue weighted by molar-refractivity contribution is 6.42. The number of anilines is 1. The summed E-state index contributed by atoms with van der Waals surface area (Å²) in [5.41, 5.74) is 3.87. The van der Waals surface area contributed by atoms with Crippen LogP contribution in [0.15, 0.2) is 59.5 Å². The predicted molar refractivity (Wildman–Crippen MR) is 110 cm³/mol. The van der Waals surface area contributed by atoms with Crippen molar-refractivity contribution >= 4 is 34.8 Å². The third-order valence-electron chi connectivity index (χ3n) is 4.44. The van der Waals surface area contributed by atoms with Crippen LogP contribution in [0.2, 0.25) is 10.0 Å². The van der Waals surface area contributed by atoms with Crippen molar-refractivity contribution in [3.63, 3.8) is 0 Å². The van der Waals surface area contributed by atoms with Gasteiger partial charge in [0.2, 0.25) is 0 Å². The quantitative estimate of drug-likeness (QED) is 0.664. The Hall–Kier alpha value is -2.56. The summed E-state index contributed by atoms with van der Waals surface area (Å²) >= 11 is 12.0. The summed E-state index contributed by atoms with van der Waals surface area (Å²) in [4.78, 5) is 24.8. The van der Waals surface area contributed by atoms with Gasteiger partial charge in [0.25, 0.3) is 11.5 Å². The second-order valence-corrected chi connectivity index (χ2v) is 7.15. The Labute approximate surface area is 167 Å². The van der Waals surface area contributed by atoms with Crippen LogP contribution in [-0.2, 0) is 6.54 Å². The molecule has 3 rings (SSSR count). The Kier molecular flexibility index (Phi) is 5.68. The minimum Gasteiger partial charge on any atom is -0.322 e. The monoisotopic (exact) mass is 400 g/mol. The van der Waals surface area contributed by atoms with E-state index in [0.29, 0.717) is 22.2 Å². The number of pyridine rings is 1. The average molecular weight is 401 g/mol. The molecule has 0 saturated carbocycles. The maximum Gasteiger partial charge on any atom is 0.257 e. The Morgan fingerprint density at radius 3 is 2.56 bits per heavy atom. The molecular weight excluding hydrogens is 383 g/mol. The number of amides is 1. The van der Waals surface area contributed by atoms with E-state index in [1.54, 1.807) is 24.4 Å². The molecule has 0 bridgehead atoms. The van der Waals surface area contributed by atoms with Gasteiger partial charge in [-0.1, -0.05) is 41.4 Å². The van der Waals surface area contributed by atoms with Crippen molar-refractivity contribution in [2.75, 3.05) is 5.32 Å². The third kappa shape index (κ3) is 4.41. The third-order valence-corrected chi connectivity index (χ3v) is 5.17. The fourth-order valence-electron chi connectivity index (χ4n) is 2.70. The zero-order valence-electron chi connectivity index (χ0n) is 14.9. The first-order valence-electron chi connectivity index (χ1n) is 8.37. The summed E-state index contributed by atoms with van der Waals surface area (Å²) in [7, 11) is 0. The average Bonchev–Trinajstić information content (AvgIpc) is 2.64. The maximum atomic E-state index is 12.6. The lowest BCUT2D eigenvalue weighted by atomic mass is 10.1. The van der Waals surface area contributed by atoms with Gasteiger partial charge in [-0.3, -0.25) is 9.59 Å². The van der Waals surface area contributed by atoms with Crippen LogP contribution in [0.25, 0.3) is 0 Å². The molecule has 138 valence electrons. The molecule has 3 aromatic rings. The van der Waals surface area contributed by atoms with Crippen LogP contribution < -0.4 is 10.9 Å². The van der Waals surface area contributed by atoms with E-state index in [2.05, 4.69) is 5.32 Å². The summed E-state index contributed by atoms with van der Waals surface area (Å²) < 4.78 is 1.47. The van der Waals surface area contributed by atoms with Gasteiger partial charge in [0.05, 0.1) is 22.2 Å². The fraction of sp³-hybridized carbons (Fsp3) is 0.143. The first-order chi connectivity index (χ1) is 12.8. The fourth-order valence-corrected chi connectivity index (χ4v) is 3.03. The number of aryl methyl sites for hydroxylation is 1. The molecule has 2 aromatic carbocycles. The van der Waals surface area contributed by atoms with Gasteiger partial charge in [-0.05, 0) is 54.8 Å². The first-order valence-corrected chi connectivity index (χ1v) is 9.13. The van der Waals surface area contributed by atoms with Gasteiger partial charge in [-0.15, -0.1) is 0 Å². The molecule has 0 aliphatic heterocycles. The SMILES string of the molecule is Cc1cccc(NC(=O)c2ccc(=O)n(Cc3ccc(Cl)c(Cl)c3)c2)c1C. The van der Waals surface area contributed by atoms with Crippen LogP contribution in [0.3, 0.4) is 0 Å². The Bertz CT molecular complexity index is 1070. The molecule has 0 fully saturated rings. The molecule has 1 aromatic heterocycles. The number of carbonyl (C=O) groups is 1. The highest BCUT2D eigenvalue weighted by atomic mass is 35.5. The normalized spacial score (nSPS) is 10.7. The maximum absolute atomic E-state index is 12.6. The van der Waals surface area contributed by atoms with Gasteiger partial charge in [0, 0.05) is 18.0 Å². The summed E-state index contributed by atoms with van der Waals surface area (Å²) in [6.45, 7) is 4.23. The molecule has 0 radical (unpaired) electrons. The van der Waals surface area contributed by atoms with Crippen molar-refractivity contribution in [2.45, 2.75) is 20.4 Å². The van der Waals surface area contributed by atoms with Crippen molar-refractivity contribution < 1.29 is 4.79 Å². The molecule has 27 heavy (non-hydrogen) atoms. The smallest absolute Gasteiger partial charge is 0.257 e. The molecule has 0 spiro atoms. The lowest BCUT2D eigenvalue weighted by molar-refractivity contribution is 0.102. The molecule has 1 heterocycles. The summed E-state index contributed by atoms with van der Waals surface area (Å²) in [6.07, 6.45) is 1.55. The van der Waals surface area contributed by atoms with Crippen LogP contribution in [-0.4, -0.2) is 10.5 Å². The summed E-state index contributed by atoms with van der Waals surface area (Å²) in [6, 6.07) is 13.8. The van der Waals surface area contributed by atoms with E-state index in [0.717, 1.165) is 22.4 Å². The standard InChI is InChI=1S/C21H18Cl2N2O2/c1-13-4-3-5-19(14(13)2)24-21(27)16-7-9-20(26)25(12-16)11-15-6-8-17(22)18(23)10-15/h3-10,12H,11H2,1-2H3,(H,24,27). The van der Waals surface area contributed by atoms with Crippen LogP contribution >= 0.6 is 23.2 Å². The van der Waals surface area contributed by atoms with E-state index in [-0.39, 0.29) is 11.5 Å². The highest BCUT2D eigenvalue weighted by Crippen LogP contribution is 2.23. The van der Waals surface area contributed by atoms with Crippen molar-refractivity contribution in [1.82, 2.24) is 4.57 Å². The number of aromatic nitrogens is 1. The number of nitrogens with one attached hydrogen (secondary N) is 1. The number of nitrogens with zero attached hydrogens (tertiary/aromatic N) is 1. The molecule has 4 nitrogen and oxygen atoms in total. The van der Waals surface area contributed by atoms with E-state index >= 15 is 0 Å². The molecule has 0 atom stereocenters. The van der Waals surface area contributed by atoms with Crippen molar-refractivity contribution in [1.29, 1.82) is 0 Å². The molecule has 0 saturated heterocycles. The van der Waals surface area contributed by atoms with Crippen LogP contribution in [0.1, 0.15) is 27.0 Å². The number of hydrogen-bond acceptors (Lipinski definition) is 2. The van der Waals surface area contributed by atoms with Crippen molar-refractivity contribution in [3.05, 3.63) is 97.4 Å². The molecule has 6 heteroatoms. The zero-order valence-corrected chi connectivity index (χ0v) is 16.4. The van der Waals surface area contributed by atoms with Gasteiger partial charge in [0.1, 0.15) is 0 Å². The van der Waals surface area contributed by atoms with Gasteiger partial charge < -0.3 is 9.88 Å². The van der Waals surface area contributed by atoms with Gasteiger partial charge >= 0.3 is 0 Å². The van der Waals surface area contributed by atoms with Crippen molar-refractivity contribution in [2.24, 2.45) is 0 Å². The Morgan fingerprint density at radius 2 is 1.81 bits per heavy atom. The van der Waals surface area contributed by atoms with Crippen LogP contribution in [0.5, 0.6) is 0 Å². The van der Waals surface area contributed by atoms with E-state index < -0.39 is 0 Å². The predicted octanol–water partition coefficient (Wildman–Crippen LogP) is 5.07.